The lowest BCUT2D eigenvalue weighted by molar-refractivity contribution is 0.0950. The molecule has 1 N–H and O–H groups in total. The summed E-state index contributed by atoms with van der Waals surface area (Å²) in [7, 11) is 0. The highest BCUT2D eigenvalue weighted by atomic mass is 35.5. The minimum atomic E-state index is -0.616. The number of benzene rings is 2. The van der Waals surface area contributed by atoms with Crippen molar-refractivity contribution in [3.63, 3.8) is 0 Å². The molecular formula is C19H14ClF2N3OS. The zero-order valence-corrected chi connectivity index (χ0v) is 15.7. The molecule has 0 bridgehead atoms. The van der Waals surface area contributed by atoms with Gasteiger partial charge in [-0.2, -0.15) is 0 Å². The van der Waals surface area contributed by atoms with E-state index in [1.54, 1.807) is 0 Å². The fourth-order valence-corrected chi connectivity index (χ4v) is 3.14. The third-order valence-corrected chi connectivity index (χ3v) is 4.99. The molecule has 4 nitrogen and oxygen atoms in total. The van der Waals surface area contributed by atoms with E-state index in [9.17, 15) is 13.6 Å². The van der Waals surface area contributed by atoms with E-state index in [0.29, 0.717) is 6.54 Å². The van der Waals surface area contributed by atoms with Crippen molar-refractivity contribution >= 4 is 40.0 Å². The summed E-state index contributed by atoms with van der Waals surface area (Å²) in [6.07, 6.45) is 1.24. The molecule has 1 amide bonds. The van der Waals surface area contributed by atoms with Crippen molar-refractivity contribution in [2.24, 2.45) is 0 Å². The van der Waals surface area contributed by atoms with Gasteiger partial charge in [0.1, 0.15) is 11.6 Å². The number of carbonyl (C=O) groups excluding carboxylic acids is 1. The molecule has 0 aliphatic heterocycles. The van der Waals surface area contributed by atoms with Crippen molar-refractivity contribution in [2.45, 2.75) is 13.5 Å². The SMILES string of the molecule is Cc1ccc(CNC(=O)c2nnc(C(Cl)=Cc3cc(F)ccc3F)s2)cc1. The van der Waals surface area contributed by atoms with Gasteiger partial charge in [0, 0.05) is 12.1 Å². The Labute approximate surface area is 163 Å². The van der Waals surface area contributed by atoms with E-state index in [1.165, 1.54) is 6.08 Å². The topological polar surface area (TPSA) is 54.9 Å². The Hall–Kier alpha value is -2.64. The predicted molar refractivity (Wildman–Crippen MR) is 102 cm³/mol. The molecule has 0 spiro atoms. The molecule has 27 heavy (non-hydrogen) atoms. The standard InChI is InChI=1S/C19H14ClF2N3OS/c1-11-2-4-12(5-3-11)10-23-17(26)19-25-24-18(27-19)15(20)9-13-8-14(21)6-7-16(13)22/h2-9H,10H2,1H3,(H,23,26). The summed E-state index contributed by atoms with van der Waals surface area (Å²) >= 11 is 7.08. The highest BCUT2D eigenvalue weighted by molar-refractivity contribution is 7.15. The zero-order valence-electron chi connectivity index (χ0n) is 14.2. The van der Waals surface area contributed by atoms with E-state index in [4.69, 9.17) is 11.6 Å². The third-order valence-electron chi connectivity index (χ3n) is 3.64. The lowest BCUT2D eigenvalue weighted by Crippen LogP contribution is -2.22. The van der Waals surface area contributed by atoms with Crippen LogP contribution in [0.3, 0.4) is 0 Å². The second-order valence-electron chi connectivity index (χ2n) is 5.74. The fraction of sp³-hybridized carbons (Fsp3) is 0.105. The number of aromatic nitrogens is 2. The normalized spacial score (nSPS) is 11.5. The second-order valence-corrected chi connectivity index (χ2v) is 7.12. The fourth-order valence-electron chi connectivity index (χ4n) is 2.20. The first kappa shape index (κ1) is 19.1. The van der Waals surface area contributed by atoms with Crippen LogP contribution in [0.25, 0.3) is 11.1 Å². The smallest absolute Gasteiger partial charge is 0.282 e. The molecule has 0 aliphatic rings. The molecular weight excluding hydrogens is 392 g/mol. The number of hydrogen-bond donors (Lipinski definition) is 1. The second kappa shape index (κ2) is 8.37. The van der Waals surface area contributed by atoms with Crippen LogP contribution in [0.2, 0.25) is 0 Å². The van der Waals surface area contributed by atoms with Crippen molar-refractivity contribution in [1.29, 1.82) is 0 Å². The quantitative estimate of drug-likeness (QED) is 0.663. The van der Waals surface area contributed by atoms with Gasteiger partial charge in [0.2, 0.25) is 5.01 Å². The van der Waals surface area contributed by atoms with E-state index in [1.807, 2.05) is 31.2 Å². The molecule has 0 fully saturated rings. The van der Waals surface area contributed by atoms with Gasteiger partial charge >= 0.3 is 0 Å². The molecule has 1 aromatic heterocycles. The molecule has 1 heterocycles. The van der Waals surface area contributed by atoms with Crippen LogP contribution >= 0.6 is 22.9 Å². The van der Waals surface area contributed by atoms with Crippen molar-refractivity contribution < 1.29 is 13.6 Å². The predicted octanol–water partition coefficient (Wildman–Crippen LogP) is 4.79. The van der Waals surface area contributed by atoms with Crippen molar-refractivity contribution in [1.82, 2.24) is 15.5 Å². The summed E-state index contributed by atoms with van der Waals surface area (Å²) in [5.41, 5.74) is 2.08. The first-order chi connectivity index (χ1) is 12.9. The Morgan fingerprint density at radius 2 is 1.85 bits per heavy atom. The van der Waals surface area contributed by atoms with Gasteiger partial charge in [-0.1, -0.05) is 52.8 Å². The van der Waals surface area contributed by atoms with Crippen molar-refractivity contribution in [3.8, 4) is 0 Å². The first-order valence-corrected chi connectivity index (χ1v) is 9.11. The largest absolute Gasteiger partial charge is 0.346 e. The Morgan fingerprint density at radius 1 is 1.15 bits per heavy atom. The number of rotatable bonds is 5. The van der Waals surface area contributed by atoms with Crippen molar-refractivity contribution in [3.05, 3.63) is 80.8 Å². The van der Waals surface area contributed by atoms with E-state index in [2.05, 4.69) is 15.5 Å². The maximum atomic E-state index is 13.7. The van der Waals surface area contributed by atoms with Gasteiger partial charge in [0.25, 0.3) is 5.91 Å². The summed E-state index contributed by atoms with van der Waals surface area (Å²) in [5.74, 6) is -1.59. The van der Waals surface area contributed by atoms with Crippen LogP contribution in [-0.4, -0.2) is 16.1 Å². The monoisotopic (exact) mass is 405 g/mol. The Balaban J connectivity index is 1.69. The lowest BCUT2D eigenvalue weighted by Gasteiger charge is -2.03. The van der Waals surface area contributed by atoms with Gasteiger partial charge in [0.05, 0.1) is 5.03 Å². The molecule has 0 unspecified atom stereocenters. The van der Waals surface area contributed by atoms with Gasteiger partial charge < -0.3 is 5.32 Å². The molecule has 0 saturated heterocycles. The zero-order chi connectivity index (χ0) is 19.4. The number of nitrogens with zero attached hydrogens (tertiary/aromatic N) is 2. The molecule has 3 aromatic rings. The molecule has 2 aromatic carbocycles. The third kappa shape index (κ3) is 4.96. The van der Waals surface area contributed by atoms with Gasteiger partial charge in [0.15, 0.2) is 5.01 Å². The van der Waals surface area contributed by atoms with Crippen molar-refractivity contribution in [2.75, 3.05) is 0 Å². The molecule has 3 rings (SSSR count). The van der Waals surface area contributed by atoms with E-state index in [0.717, 1.165) is 40.7 Å². The number of nitrogens with one attached hydrogen (secondary N) is 1. The van der Waals surface area contributed by atoms with Gasteiger partial charge in [-0.15, -0.1) is 10.2 Å². The average molecular weight is 406 g/mol. The van der Waals surface area contributed by atoms with Crippen LogP contribution < -0.4 is 5.32 Å². The van der Waals surface area contributed by atoms with Crippen LogP contribution in [0.5, 0.6) is 0 Å². The molecule has 0 atom stereocenters. The van der Waals surface area contributed by atoms with Crippen LogP contribution in [0.15, 0.2) is 42.5 Å². The summed E-state index contributed by atoms with van der Waals surface area (Å²) in [6.45, 7) is 2.34. The van der Waals surface area contributed by atoms with E-state index in [-0.39, 0.29) is 26.5 Å². The molecule has 138 valence electrons. The van der Waals surface area contributed by atoms with Gasteiger partial charge in [-0.05, 0) is 36.8 Å². The lowest BCUT2D eigenvalue weighted by atomic mass is 10.1. The van der Waals surface area contributed by atoms with Crippen LogP contribution in [0, 0.1) is 18.6 Å². The summed E-state index contributed by atoms with van der Waals surface area (Å²) in [5, 5.41) is 10.8. The van der Waals surface area contributed by atoms with E-state index < -0.39 is 11.6 Å². The number of amides is 1. The van der Waals surface area contributed by atoms with Crippen LogP contribution in [0.4, 0.5) is 8.78 Å². The van der Waals surface area contributed by atoms with Crippen LogP contribution in [0.1, 0.15) is 31.5 Å². The van der Waals surface area contributed by atoms with Gasteiger partial charge in [-0.25, -0.2) is 8.78 Å². The maximum Gasteiger partial charge on any atom is 0.282 e. The molecule has 0 aliphatic carbocycles. The number of aryl methyl sites for hydroxylation is 1. The summed E-state index contributed by atoms with van der Waals surface area (Å²) < 4.78 is 26.9. The van der Waals surface area contributed by atoms with Crippen LogP contribution in [-0.2, 0) is 6.54 Å². The average Bonchev–Trinajstić information content (AvgIpc) is 3.14. The molecule has 0 radical (unpaired) electrons. The highest BCUT2D eigenvalue weighted by Crippen LogP contribution is 2.26. The number of carbonyl (C=O) groups is 1. The van der Waals surface area contributed by atoms with E-state index >= 15 is 0 Å². The summed E-state index contributed by atoms with van der Waals surface area (Å²) in [6, 6.07) is 10.8. The first-order valence-electron chi connectivity index (χ1n) is 7.92. The molecule has 0 saturated carbocycles. The number of hydrogen-bond acceptors (Lipinski definition) is 4. The number of halogens is 3. The maximum absolute atomic E-state index is 13.7. The molecule has 8 heteroatoms. The Kier molecular flexibility index (Phi) is 5.93. The highest BCUT2D eigenvalue weighted by Gasteiger charge is 2.15. The summed E-state index contributed by atoms with van der Waals surface area (Å²) in [4.78, 5) is 12.2. The Bertz CT molecular complexity index is 1000. The minimum absolute atomic E-state index is 0.0134. The Morgan fingerprint density at radius 3 is 2.59 bits per heavy atom. The van der Waals surface area contributed by atoms with Gasteiger partial charge in [-0.3, -0.25) is 4.79 Å². The minimum Gasteiger partial charge on any atom is -0.346 e.